The molecular weight excluding hydrogens is 741 g/mol. The minimum absolute atomic E-state index is 0.0141. The van der Waals surface area contributed by atoms with Gasteiger partial charge < -0.3 is 23.6 Å². The van der Waals surface area contributed by atoms with Crippen molar-refractivity contribution in [2.24, 2.45) is 0 Å². The molecule has 4 atom stereocenters. The highest BCUT2D eigenvalue weighted by atomic mass is 31.2. The van der Waals surface area contributed by atoms with E-state index in [1.54, 1.807) is 0 Å². The first-order chi connectivity index (χ1) is 27.5. The number of likely N-dealkylation sites (N-methyl/N-ethyl adjacent to an activating group) is 1. The largest absolute Gasteiger partial charge is 0.472 e. The summed E-state index contributed by atoms with van der Waals surface area (Å²) in [7, 11) is 1.42. The van der Waals surface area contributed by atoms with Crippen molar-refractivity contribution in [3.05, 3.63) is 60.8 Å². The number of unbranched alkanes of at least 4 members (excludes halogenated alkanes) is 12. The highest BCUT2D eigenvalue weighted by Gasteiger charge is 2.36. The van der Waals surface area contributed by atoms with E-state index in [9.17, 15) is 19.0 Å². The van der Waals surface area contributed by atoms with Gasteiger partial charge in [-0.15, -0.1) is 0 Å². The molecule has 0 bridgehead atoms. The Balaban J connectivity index is 2.35. The van der Waals surface area contributed by atoms with Gasteiger partial charge in [-0.1, -0.05) is 126 Å². The van der Waals surface area contributed by atoms with Crippen molar-refractivity contribution in [3.63, 3.8) is 0 Å². The van der Waals surface area contributed by atoms with Gasteiger partial charge in [0.1, 0.15) is 19.8 Å². The minimum atomic E-state index is -4.40. The Kier molecular flexibility index (Phi) is 31.9. The van der Waals surface area contributed by atoms with Crippen LogP contribution in [0.1, 0.15) is 155 Å². The van der Waals surface area contributed by atoms with Crippen molar-refractivity contribution in [3.8, 4) is 0 Å². The SMILES string of the molecule is CC/C=C\C/C=C\C/C=C\CC1OC1C/C=C\CCCC(=O)OC(COC(=O)CCCCCCC/C=C\CCCCCCCC)COP(=O)(O)OCC[N+](C)(C)C. The Morgan fingerprint density at radius 1 is 0.649 bits per heavy atom. The summed E-state index contributed by atoms with van der Waals surface area (Å²) in [6, 6.07) is 0. The topological polar surface area (TPSA) is 121 Å². The Labute approximate surface area is 347 Å². The molecule has 0 aliphatic carbocycles. The maximum Gasteiger partial charge on any atom is 0.472 e. The molecule has 0 aromatic heterocycles. The maximum atomic E-state index is 12.7. The molecule has 10 nitrogen and oxygen atoms in total. The molecule has 0 radical (unpaired) electrons. The molecule has 0 spiro atoms. The van der Waals surface area contributed by atoms with E-state index in [1.165, 1.54) is 44.9 Å². The van der Waals surface area contributed by atoms with Gasteiger partial charge in [-0.3, -0.25) is 18.6 Å². The summed E-state index contributed by atoms with van der Waals surface area (Å²) in [5, 5.41) is 0. The number of epoxide rings is 1. The van der Waals surface area contributed by atoms with Crippen LogP contribution in [0, 0.1) is 0 Å². The number of nitrogens with zero attached hydrogens (tertiary/aromatic N) is 1. The Morgan fingerprint density at radius 3 is 1.81 bits per heavy atom. The van der Waals surface area contributed by atoms with Crippen LogP contribution in [0.25, 0.3) is 0 Å². The number of carbonyl (C=O) groups is 2. The summed E-state index contributed by atoms with van der Waals surface area (Å²) >= 11 is 0. The molecule has 1 N–H and O–H groups in total. The molecule has 1 saturated heterocycles. The van der Waals surface area contributed by atoms with Gasteiger partial charge >= 0.3 is 19.8 Å². The zero-order valence-electron chi connectivity index (χ0n) is 36.5. The van der Waals surface area contributed by atoms with Crippen LogP contribution in [0.5, 0.6) is 0 Å². The van der Waals surface area contributed by atoms with Crippen LogP contribution in [-0.4, -0.2) is 87.1 Å². The van der Waals surface area contributed by atoms with E-state index < -0.39 is 32.5 Å². The summed E-state index contributed by atoms with van der Waals surface area (Å²) in [5.41, 5.74) is 0. The zero-order valence-corrected chi connectivity index (χ0v) is 37.4. The number of allylic oxidation sites excluding steroid dienone is 8. The van der Waals surface area contributed by atoms with Gasteiger partial charge in [-0.2, -0.15) is 0 Å². The number of esters is 2. The summed E-state index contributed by atoms with van der Waals surface area (Å²) in [6.07, 6.45) is 43.0. The second kappa shape index (κ2) is 34.5. The number of ether oxygens (including phenoxy) is 3. The fourth-order valence-corrected chi connectivity index (χ4v) is 6.59. The third-order valence-corrected chi connectivity index (χ3v) is 10.4. The summed E-state index contributed by atoms with van der Waals surface area (Å²) < 4.78 is 40.0. The molecular formula is C46H81NO9P+. The number of hydrogen-bond acceptors (Lipinski definition) is 8. The summed E-state index contributed by atoms with van der Waals surface area (Å²) in [6.45, 7) is 4.19. The van der Waals surface area contributed by atoms with Crippen molar-refractivity contribution in [2.75, 3.05) is 47.5 Å². The molecule has 4 unspecified atom stereocenters. The fraction of sp³-hybridized carbons (Fsp3) is 0.739. The lowest BCUT2D eigenvalue weighted by atomic mass is 10.1. The second-order valence-corrected chi connectivity index (χ2v) is 17.5. The van der Waals surface area contributed by atoms with Crippen molar-refractivity contribution in [1.29, 1.82) is 0 Å². The Morgan fingerprint density at radius 2 is 1.18 bits per heavy atom. The van der Waals surface area contributed by atoms with Crippen LogP contribution >= 0.6 is 7.82 Å². The average Bonchev–Trinajstić information content (AvgIpc) is 3.92. The first-order valence-electron chi connectivity index (χ1n) is 22.1. The fourth-order valence-electron chi connectivity index (χ4n) is 5.85. The van der Waals surface area contributed by atoms with Gasteiger partial charge in [0.2, 0.25) is 0 Å². The van der Waals surface area contributed by atoms with Crippen LogP contribution in [0.15, 0.2) is 60.8 Å². The van der Waals surface area contributed by atoms with E-state index in [2.05, 4.69) is 68.5 Å². The van der Waals surface area contributed by atoms with E-state index in [0.29, 0.717) is 30.3 Å². The highest BCUT2D eigenvalue weighted by Crippen LogP contribution is 2.43. The quantitative estimate of drug-likeness (QED) is 0.0162. The lowest BCUT2D eigenvalue weighted by Gasteiger charge is -2.24. The van der Waals surface area contributed by atoms with E-state index in [0.717, 1.165) is 64.2 Å². The normalized spacial score (nSPS) is 17.7. The number of phosphoric ester groups is 1. The number of rotatable bonds is 38. The van der Waals surface area contributed by atoms with E-state index in [-0.39, 0.29) is 38.3 Å². The molecule has 0 aromatic carbocycles. The minimum Gasteiger partial charge on any atom is -0.462 e. The molecule has 1 aliphatic heterocycles. The first kappa shape index (κ1) is 52.7. The van der Waals surface area contributed by atoms with Crippen molar-refractivity contribution in [1.82, 2.24) is 0 Å². The molecule has 0 saturated carbocycles. The Bertz CT molecular complexity index is 1220. The maximum absolute atomic E-state index is 12.7. The third-order valence-electron chi connectivity index (χ3n) is 9.43. The number of hydrogen-bond donors (Lipinski definition) is 1. The molecule has 1 heterocycles. The van der Waals surface area contributed by atoms with Gasteiger partial charge in [0.25, 0.3) is 0 Å². The van der Waals surface area contributed by atoms with Crippen LogP contribution in [0.2, 0.25) is 0 Å². The molecule has 57 heavy (non-hydrogen) atoms. The van der Waals surface area contributed by atoms with Crippen LogP contribution in [0.3, 0.4) is 0 Å². The molecule has 0 aromatic rings. The Hall–Kier alpha value is -2.33. The van der Waals surface area contributed by atoms with E-state index in [1.807, 2.05) is 27.2 Å². The number of quaternary nitrogens is 1. The highest BCUT2D eigenvalue weighted by molar-refractivity contribution is 7.47. The van der Waals surface area contributed by atoms with E-state index in [4.69, 9.17) is 23.3 Å². The number of phosphoric acid groups is 1. The van der Waals surface area contributed by atoms with Gasteiger partial charge in [0, 0.05) is 12.8 Å². The van der Waals surface area contributed by atoms with Crippen molar-refractivity contribution in [2.45, 2.75) is 173 Å². The lowest BCUT2D eigenvalue weighted by molar-refractivity contribution is -0.870. The van der Waals surface area contributed by atoms with Gasteiger partial charge in [0.05, 0.1) is 40.0 Å². The lowest BCUT2D eigenvalue weighted by Crippen LogP contribution is -2.37. The van der Waals surface area contributed by atoms with Crippen LogP contribution in [-0.2, 0) is 37.4 Å². The van der Waals surface area contributed by atoms with Crippen LogP contribution < -0.4 is 0 Å². The predicted octanol–water partition coefficient (Wildman–Crippen LogP) is 11.5. The molecule has 11 heteroatoms. The second-order valence-electron chi connectivity index (χ2n) is 16.1. The molecule has 0 amide bonds. The van der Waals surface area contributed by atoms with Crippen LogP contribution in [0.4, 0.5) is 0 Å². The molecule has 1 aliphatic rings. The number of carbonyl (C=O) groups excluding carboxylic acids is 2. The van der Waals surface area contributed by atoms with Gasteiger partial charge in [-0.25, -0.2) is 4.57 Å². The molecule has 328 valence electrons. The van der Waals surface area contributed by atoms with Crippen molar-refractivity contribution >= 4 is 19.8 Å². The molecule has 1 fully saturated rings. The van der Waals surface area contributed by atoms with E-state index >= 15 is 0 Å². The summed E-state index contributed by atoms with van der Waals surface area (Å²) in [5.74, 6) is -0.889. The zero-order chi connectivity index (χ0) is 41.9. The van der Waals surface area contributed by atoms with Gasteiger partial charge in [-0.05, 0) is 77.0 Å². The van der Waals surface area contributed by atoms with Gasteiger partial charge in [0.15, 0.2) is 6.10 Å². The molecule has 1 rings (SSSR count). The first-order valence-corrected chi connectivity index (χ1v) is 23.6. The average molecular weight is 823 g/mol. The third kappa shape index (κ3) is 35.3. The van der Waals surface area contributed by atoms with Crippen molar-refractivity contribution < 1.29 is 46.8 Å². The smallest absolute Gasteiger partial charge is 0.462 e. The summed E-state index contributed by atoms with van der Waals surface area (Å²) in [4.78, 5) is 35.4. The monoisotopic (exact) mass is 823 g/mol. The predicted molar refractivity (Wildman–Crippen MR) is 233 cm³/mol. The standard InChI is InChI=1S/C46H80NO9P/c1-6-8-10-12-14-16-17-18-19-20-21-23-25-27-32-36-45(48)52-40-42(41-54-57(50,51)53-39-38-47(3,4)5)55-46(49)37-33-29-28-31-35-44-43(56-44)34-30-26-24-22-15-13-11-9-7-2/h9,11,15,18-19,22,26,28,30-31,42-44H,6-8,10,12-14,16-17,20-21,23-25,27,29,32-41H2,1-5H3/p+1/b11-9-,19-18-,22-15-,30-26-,31-28-.